The van der Waals surface area contributed by atoms with E-state index in [0.29, 0.717) is 22.2 Å². The van der Waals surface area contributed by atoms with Gasteiger partial charge in [-0.25, -0.2) is 0 Å². The van der Waals surface area contributed by atoms with E-state index >= 15 is 0 Å². The van der Waals surface area contributed by atoms with Crippen molar-refractivity contribution in [2.45, 2.75) is 13.0 Å². The molecule has 1 amide bonds. The van der Waals surface area contributed by atoms with Crippen LogP contribution < -0.4 is 10.9 Å². The maximum Gasteiger partial charge on any atom is 0.266 e. The van der Waals surface area contributed by atoms with E-state index in [-0.39, 0.29) is 22.3 Å². The highest BCUT2D eigenvalue weighted by atomic mass is 32.1. The van der Waals surface area contributed by atoms with E-state index in [0.717, 1.165) is 5.56 Å². The van der Waals surface area contributed by atoms with Gasteiger partial charge in [-0.1, -0.05) is 48.5 Å². The van der Waals surface area contributed by atoms with Crippen LogP contribution in [0.3, 0.4) is 0 Å². The van der Waals surface area contributed by atoms with E-state index in [1.165, 1.54) is 4.57 Å². The molecule has 0 unspecified atom stereocenters. The molecule has 0 fully saturated rings. The average Bonchev–Trinajstić information content (AvgIpc) is 2.74. The van der Waals surface area contributed by atoms with Crippen LogP contribution in [0.4, 0.5) is 0 Å². The first-order valence-electron chi connectivity index (χ1n) is 9.25. The van der Waals surface area contributed by atoms with Gasteiger partial charge in [-0.3, -0.25) is 14.2 Å². The topological polar surface area (TPSA) is 66.9 Å². The number of amides is 1. The summed E-state index contributed by atoms with van der Waals surface area (Å²) in [6.07, 6.45) is 0. The lowest BCUT2D eigenvalue weighted by Crippen LogP contribution is -2.27. The molecule has 29 heavy (non-hydrogen) atoms. The Morgan fingerprint density at radius 1 is 1.00 bits per heavy atom. The molecule has 0 spiro atoms. The minimum absolute atomic E-state index is 0.135. The van der Waals surface area contributed by atoms with Gasteiger partial charge in [-0.2, -0.15) is 0 Å². The molecular formula is C23H19N3O2S. The third-order valence-corrected chi connectivity index (χ3v) is 5.11. The van der Waals surface area contributed by atoms with Crippen LogP contribution >= 0.6 is 12.2 Å². The molecular weight excluding hydrogens is 382 g/mol. The largest absolute Gasteiger partial charge is 0.346 e. The number of H-pyrrole nitrogens is 1. The summed E-state index contributed by atoms with van der Waals surface area (Å²) in [6.45, 7) is 1.93. The number of nitrogens with zero attached hydrogens (tertiary/aromatic N) is 1. The maximum absolute atomic E-state index is 13.0. The molecule has 5 nitrogen and oxygen atoms in total. The van der Waals surface area contributed by atoms with Crippen LogP contribution in [0.1, 0.15) is 28.9 Å². The first-order valence-corrected chi connectivity index (χ1v) is 9.66. The van der Waals surface area contributed by atoms with Crippen molar-refractivity contribution in [3.05, 3.63) is 105 Å². The SMILES string of the molecule is C[C@H](NC(=O)c1ccc2c(=O)n(-c3ccccc3)c(=S)[nH]c2c1)c1ccccc1. The van der Waals surface area contributed by atoms with Crippen molar-refractivity contribution in [3.8, 4) is 5.69 Å². The Labute approximate surface area is 172 Å². The molecule has 4 rings (SSSR count). The molecule has 4 aromatic rings. The third kappa shape index (κ3) is 3.75. The van der Waals surface area contributed by atoms with Crippen molar-refractivity contribution in [3.63, 3.8) is 0 Å². The first kappa shape index (κ1) is 18.8. The van der Waals surface area contributed by atoms with Crippen molar-refractivity contribution >= 4 is 29.0 Å². The molecule has 3 aromatic carbocycles. The number of carbonyl (C=O) groups excluding carboxylic acids is 1. The van der Waals surface area contributed by atoms with Gasteiger partial charge in [0.25, 0.3) is 11.5 Å². The number of aromatic nitrogens is 2. The molecule has 2 N–H and O–H groups in total. The second-order valence-electron chi connectivity index (χ2n) is 6.77. The Morgan fingerprint density at radius 3 is 2.34 bits per heavy atom. The fourth-order valence-corrected chi connectivity index (χ4v) is 3.57. The van der Waals surface area contributed by atoms with Crippen LogP contribution in [-0.2, 0) is 0 Å². The number of aromatic amines is 1. The first-order chi connectivity index (χ1) is 14.0. The van der Waals surface area contributed by atoms with E-state index in [1.807, 2.05) is 67.6 Å². The van der Waals surface area contributed by atoms with Gasteiger partial charge in [0.05, 0.1) is 22.6 Å². The number of carbonyl (C=O) groups is 1. The van der Waals surface area contributed by atoms with Crippen LogP contribution in [0.2, 0.25) is 0 Å². The highest BCUT2D eigenvalue weighted by Gasteiger charge is 2.14. The molecule has 0 aliphatic carbocycles. The molecule has 0 saturated heterocycles. The molecule has 0 aliphatic rings. The highest BCUT2D eigenvalue weighted by Crippen LogP contribution is 2.16. The normalized spacial score (nSPS) is 11.9. The van der Waals surface area contributed by atoms with Crippen molar-refractivity contribution < 1.29 is 4.79 Å². The zero-order valence-corrected chi connectivity index (χ0v) is 16.6. The summed E-state index contributed by atoms with van der Waals surface area (Å²) >= 11 is 5.40. The Morgan fingerprint density at radius 2 is 1.66 bits per heavy atom. The van der Waals surface area contributed by atoms with Gasteiger partial charge in [0.15, 0.2) is 4.77 Å². The van der Waals surface area contributed by atoms with Crippen LogP contribution in [0.15, 0.2) is 83.7 Å². The number of hydrogen-bond donors (Lipinski definition) is 2. The summed E-state index contributed by atoms with van der Waals surface area (Å²) < 4.78 is 1.73. The minimum Gasteiger partial charge on any atom is -0.346 e. The van der Waals surface area contributed by atoms with Crippen LogP contribution in [0, 0.1) is 4.77 Å². The van der Waals surface area contributed by atoms with E-state index in [4.69, 9.17) is 12.2 Å². The van der Waals surface area contributed by atoms with Gasteiger partial charge in [-0.05, 0) is 55.0 Å². The van der Waals surface area contributed by atoms with Crippen LogP contribution in [0.25, 0.3) is 16.6 Å². The van der Waals surface area contributed by atoms with Crippen molar-refractivity contribution in [1.82, 2.24) is 14.9 Å². The van der Waals surface area contributed by atoms with Crippen molar-refractivity contribution in [2.24, 2.45) is 0 Å². The van der Waals surface area contributed by atoms with Gasteiger partial charge < -0.3 is 10.3 Å². The predicted molar refractivity (Wildman–Crippen MR) is 117 cm³/mol. The highest BCUT2D eigenvalue weighted by molar-refractivity contribution is 7.71. The molecule has 144 valence electrons. The Balaban J connectivity index is 1.69. The number of hydrogen-bond acceptors (Lipinski definition) is 3. The molecule has 6 heteroatoms. The Hall–Kier alpha value is -3.51. The number of rotatable bonds is 4. The Bertz CT molecular complexity index is 1290. The summed E-state index contributed by atoms with van der Waals surface area (Å²) in [4.78, 5) is 28.7. The van der Waals surface area contributed by atoms with Crippen LogP contribution in [-0.4, -0.2) is 15.5 Å². The zero-order chi connectivity index (χ0) is 20.4. The van der Waals surface area contributed by atoms with Gasteiger partial charge in [0.2, 0.25) is 0 Å². The standard InChI is InChI=1S/C23H19N3O2S/c1-15(16-8-4-2-5-9-16)24-21(27)17-12-13-19-20(14-17)25-23(29)26(22(19)28)18-10-6-3-7-11-18/h2-15H,1H3,(H,24,27)(H,25,29)/t15-/m0/s1. The summed E-state index contributed by atoms with van der Waals surface area (Å²) in [5, 5.41) is 3.45. The van der Waals surface area contributed by atoms with E-state index in [2.05, 4.69) is 10.3 Å². The van der Waals surface area contributed by atoms with E-state index in [9.17, 15) is 9.59 Å². The second kappa shape index (κ2) is 7.85. The van der Waals surface area contributed by atoms with Gasteiger partial charge >= 0.3 is 0 Å². The molecule has 0 saturated carbocycles. The monoisotopic (exact) mass is 401 g/mol. The zero-order valence-electron chi connectivity index (χ0n) is 15.8. The van der Waals surface area contributed by atoms with Gasteiger partial charge in [0.1, 0.15) is 0 Å². The van der Waals surface area contributed by atoms with E-state index < -0.39 is 0 Å². The van der Waals surface area contributed by atoms with Crippen molar-refractivity contribution in [1.29, 1.82) is 0 Å². The molecule has 0 radical (unpaired) electrons. The van der Waals surface area contributed by atoms with Gasteiger partial charge in [-0.15, -0.1) is 0 Å². The minimum atomic E-state index is -0.223. The van der Waals surface area contributed by atoms with Crippen molar-refractivity contribution in [2.75, 3.05) is 0 Å². The number of nitrogens with one attached hydrogen (secondary N) is 2. The fraction of sp³-hybridized carbons (Fsp3) is 0.0870. The summed E-state index contributed by atoms with van der Waals surface area (Å²) in [7, 11) is 0. The smallest absolute Gasteiger partial charge is 0.266 e. The summed E-state index contributed by atoms with van der Waals surface area (Å²) in [6, 6.07) is 23.8. The van der Waals surface area contributed by atoms with Crippen LogP contribution in [0.5, 0.6) is 0 Å². The molecule has 1 aromatic heterocycles. The summed E-state index contributed by atoms with van der Waals surface area (Å²) in [5.41, 5.74) is 2.49. The fourth-order valence-electron chi connectivity index (χ4n) is 3.28. The second-order valence-corrected chi connectivity index (χ2v) is 7.16. The number of para-hydroxylation sites is 1. The molecule has 1 atom stereocenters. The maximum atomic E-state index is 13.0. The lowest BCUT2D eigenvalue weighted by molar-refractivity contribution is 0.0940. The quantitative estimate of drug-likeness (QED) is 0.494. The van der Waals surface area contributed by atoms with E-state index in [1.54, 1.807) is 18.2 Å². The molecule has 1 heterocycles. The predicted octanol–water partition coefficient (Wildman–Crippen LogP) is 4.54. The molecule has 0 aliphatic heterocycles. The molecule has 0 bridgehead atoms. The van der Waals surface area contributed by atoms with Gasteiger partial charge in [0, 0.05) is 5.56 Å². The number of benzene rings is 3. The lowest BCUT2D eigenvalue weighted by atomic mass is 10.1. The summed E-state index contributed by atoms with van der Waals surface area (Å²) in [5.74, 6) is -0.213. The third-order valence-electron chi connectivity index (χ3n) is 4.82. The lowest BCUT2D eigenvalue weighted by Gasteiger charge is -2.15. The Kier molecular flexibility index (Phi) is 5.10. The number of fused-ring (bicyclic) bond motifs is 1. The average molecular weight is 401 g/mol.